The number of carbonyl (C=O) groups excluding carboxylic acids is 2. The summed E-state index contributed by atoms with van der Waals surface area (Å²) in [5, 5.41) is 10.0. The monoisotopic (exact) mass is 403 g/mol. The number of benzene rings is 2. The van der Waals surface area contributed by atoms with Crippen molar-refractivity contribution in [2.24, 2.45) is 5.41 Å². The Morgan fingerprint density at radius 3 is 2.30 bits per heavy atom. The smallest absolute Gasteiger partial charge is 0.221 e. The molecule has 0 unspecified atom stereocenters. The predicted octanol–water partition coefficient (Wildman–Crippen LogP) is 5.48. The van der Waals surface area contributed by atoms with Gasteiger partial charge in [0.1, 0.15) is 0 Å². The Labute approximate surface area is 178 Å². The van der Waals surface area contributed by atoms with Gasteiger partial charge in [0.15, 0.2) is 5.78 Å². The highest BCUT2D eigenvalue weighted by atomic mass is 16.1. The molecular weight excluding hydrogens is 374 g/mol. The summed E-state index contributed by atoms with van der Waals surface area (Å²) in [6.45, 7) is 9.99. The van der Waals surface area contributed by atoms with Crippen LogP contribution in [0.4, 0.5) is 17.1 Å². The van der Waals surface area contributed by atoms with Crippen LogP contribution in [0.2, 0.25) is 0 Å². The van der Waals surface area contributed by atoms with E-state index in [-0.39, 0.29) is 23.1 Å². The molecule has 2 aliphatic rings. The third-order valence-electron chi connectivity index (χ3n) is 5.99. The maximum absolute atomic E-state index is 13.3. The van der Waals surface area contributed by atoms with E-state index in [0.29, 0.717) is 6.42 Å². The van der Waals surface area contributed by atoms with Crippen LogP contribution in [0.15, 0.2) is 47.7 Å². The summed E-state index contributed by atoms with van der Waals surface area (Å²) in [6.07, 6.45) is 1.35. The van der Waals surface area contributed by atoms with Gasteiger partial charge in [-0.2, -0.15) is 0 Å². The molecule has 1 aliphatic heterocycles. The minimum atomic E-state index is -0.245. The van der Waals surface area contributed by atoms with E-state index in [0.717, 1.165) is 40.3 Å². The van der Waals surface area contributed by atoms with Crippen LogP contribution in [0, 0.1) is 19.3 Å². The molecule has 1 amide bonds. The molecule has 3 N–H and O–H groups in total. The second-order valence-electron chi connectivity index (χ2n) is 9.32. The zero-order valence-corrected chi connectivity index (χ0v) is 18.3. The molecule has 4 rings (SSSR count). The lowest BCUT2D eigenvalue weighted by Crippen LogP contribution is -2.31. The van der Waals surface area contributed by atoms with Crippen molar-refractivity contribution < 1.29 is 9.59 Å². The first kappa shape index (κ1) is 20.2. The summed E-state index contributed by atoms with van der Waals surface area (Å²) in [6, 6.07) is 11.8. The second-order valence-corrected chi connectivity index (χ2v) is 9.32. The van der Waals surface area contributed by atoms with Crippen LogP contribution in [-0.2, 0) is 9.59 Å². The van der Waals surface area contributed by atoms with Crippen molar-refractivity contribution in [3.8, 4) is 0 Å². The third kappa shape index (κ3) is 3.84. The highest BCUT2D eigenvalue weighted by molar-refractivity contribution is 6.01. The van der Waals surface area contributed by atoms with E-state index in [1.165, 1.54) is 18.1 Å². The van der Waals surface area contributed by atoms with Crippen molar-refractivity contribution in [1.29, 1.82) is 0 Å². The molecule has 5 heteroatoms. The van der Waals surface area contributed by atoms with Gasteiger partial charge in [-0.25, -0.2) is 0 Å². The summed E-state index contributed by atoms with van der Waals surface area (Å²) in [5.41, 5.74) is 7.90. The maximum Gasteiger partial charge on any atom is 0.221 e. The molecule has 2 aromatic rings. The normalized spacial score (nSPS) is 19.8. The molecule has 0 fully saturated rings. The first-order chi connectivity index (χ1) is 14.1. The van der Waals surface area contributed by atoms with Gasteiger partial charge in [-0.1, -0.05) is 26.0 Å². The Morgan fingerprint density at radius 2 is 1.67 bits per heavy atom. The van der Waals surface area contributed by atoms with E-state index in [1.807, 2.05) is 24.3 Å². The average Bonchev–Trinajstić information content (AvgIpc) is 2.78. The van der Waals surface area contributed by atoms with Gasteiger partial charge < -0.3 is 16.0 Å². The lowest BCUT2D eigenvalue weighted by Gasteiger charge is -2.34. The van der Waals surface area contributed by atoms with E-state index >= 15 is 0 Å². The molecule has 0 aromatic heterocycles. The molecule has 156 valence electrons. The van der Waals surface area contributed by atoms with Crippen molar-refractivity contribution in [3.63, 3.8) is 0 Å². The van der Waals surface area contributed by atoms with Gasteiger partial charge >= 0.3 is 0 Å². The number of ketones is 1. The molecule has 0 saturated heterocycles. The number of aryl methyl sites for hydroxylation is 2. The van der Waals surface area contributed by atoms with E-state index in [1.54, 1.807) is 0 Å². The molecule has 0 spiro atoms. The van der Waals surface area contributed by atoms with Crippen LogP contribution in [0.25, 0.3) is 0 Å². The molecule has 1 atom stereocenters. The van der Waals surface area contributed by atoms with E-state index in [2.05, 4.69) is 55.8 Å². The Bertz CT molecular complexity index is 1060. The zero-order chi connectivity index (χ0) is 21.6. The van der Waals surface area contributed by atoms with E-state index < -0.39 is 0 Å². The quantitative estimate of drug-likeness (QED) is 0.621. The van der Waals surface area contributed by atoms with E-state index in [9.17, 15) is 9.59 Å². The fourth-order valence-corrected chi connectivity index (χ4v) is 4.42. The van der Waals surface area contributed by atoms with Gasteiger partial charge in [0.05, 0.1) is 17.4 Å². The summed E-state index contributed by atoms with van der Waals surface area (Å²) in [5.74, 6) is 0.0763. The summed E-state index contributed by atoms with van der Waals surface area (Å²) >= 11 is 0. The van der Waals surface area contributed by atoms with Gasteiger partial charge in [-0.15, -0.1) is 0 Å². The first-order valence-corrected chi connectivity index (χ1v) is 10.4. The van der Waals surface area contributed by atoms with Crippen LogP contribution in [0.5, 0.6) is 0 Å². The van der Waals surface area contributed by atoms with Gasteiger partial charge in [0, 0.05) is 30.3 Å². The molecular formula is C25H29N3O2. The molecule has 0 bridgehead atoms. The average molecular weight is 404 g/mol. The highest BCUT2D eigenvalue weighted by Gasteiger charge is 2.38. The number of amides is 1. The standard InChI is InChI=1S/C25H29N3O2/c1-14-10-19-20(11-15(14)2)28-24(17-6-8-18(9-7-17)26-16(3)29)23-21(27-19)12-25(4,5)13-22(23)30/h6-11,24,27-28H,12-13H2,1-5H3,(H,26,29)/t24-/m0/s1. The Balaban J connectivity index is 1.82. The number of allylic oxidation sites excluding steroid dienone is 1. The van der Waals surface area contributed by atoms with Gasteiger partial charge in [0.25, 0.3) is 0 Å². The van der Waals surface area contributed by atoms with Gasteiger partial charge in [-0.05, 0) is 66.6 Å². The van der Waals surface area contributed by atoms with Crippen molar-refractivity contribution >= 4 is 28.8 Å². The molecule has 5 nitrogen and oxygen atoms in total. The van der Waals surface area contributed by atoms with Gasteiger partial charge in [-0.3, -0.25) is 9.59 Å². The number of hydrogen-bond acceptors (Lipinski definition) is 4. The minimum Gasteiger partial charge on any atom is -0.372 e. The molecule has 30 heavy (non-hydrogen) atoms. The van der Waals surface area contributed by atoms with Crippen molar-refractivity contribution in [2.75, 3.05) is 16.0 Å². The molecule has 2 aromatic carbocycles. The molecule has 0 saturated carbocycles. The van der Waals surface area contributed by atoms with Crippen molar-refractivity contribution in [3.05, 3.63) is 64.4 Å². The van der Waals surface area contributed by atoms with Crippen LogP contribution in [-0.4, -0.2) is 11.7 Å². The van der Waals surface area contributed by atoms with Crippen LogP contribution in [0.3, 0.4) is 0 Å². The fourth-order valence-electron chi connectivity index (χ4n) is 4.42. The summed E-state index contributed by atoms with van der Waals surface area (Å²) in [7, 11) is 0. The second kappa shape index (κ2) is 7.31. The predicted molar refractivity (Wildman–Crippen MR) is 122 cm³/mol. The highest BCUT2D eigenvalue weighted by Crippen LogP contribution is 2.46. The number of rotatable bonds is 2. The fraction of sp³-hybridized carbons (Fsp3) is 0.360. The van der Waals surface area contributed by atoms with Crippen LogP contribution < -0.4 is 16.0 Å². The lowest BCUT2D eigenvalue weighted by atomic mass is 9.73. The summed E-state index contributed by atoms with van der Waals surface area (Å²) < 4.78 is 0. The Hall–Kier alpha value is -3.08. The number of nitrogens with one attached hydrogen (secondary N) is 3. The minimum absolute atomic E-state index is 0.0764. The summed E-state index contributed by atoms with van der Waals surface area (Å²) in [4.78, 5) is 24.6. The van der Waals surface area contributed by atoms with Gasteiger partial charge in [0.2, 0.25) is 5.91 Å². The van der Waals surface area contributed by atoms with Crippen LogP contribution in [0.1, 0.15) is 56.3 Å². The number of hydrogen-bond donors (Lipinski definition) is 3. The first-order valence-electron chi connectivity index (χ1n) is 10.4. The SMILES string of the molecule is CC(=O)Nc1ccc([C@@H]2Nc3cc(C)c(C)cc3NC3=C2C(=O)CC(C)(C)C3)cc1. The van der Waals surface area contributed by atoms with Crippen molar-refractivity contribution in [2.45, 2.75) is 53.5 Å². The Kier molecular flexibility index (Phi) is 4.92. The molecule has 0 radical (unpaired) electrons. The topological polar surface area (TPSA) is 70.2 Å². The number of fused-ring (bicyclic) bond motifs is 1. The number of anilines is 3. The van der Waals surface area contributed by atoms with E-state index in [4.69, 9.17) is 0 Å². The molecule has 1 heterocycles. The Morgan fingerprint density at radius 1 is 1.03 bits per heavy atom. The third-order valence-corrected chi connectivity index (χ3v) is 5.99. The lowest BCUT2D eigenvalue weighted by molar-refractivity contribution is -0.118. The van der Waals surface area contributed by atoms with Crippen molar-refractivity contribution in [1.82, 2.24) is 0 Å². The maximum atomic E-state index is 13.3. The van der Waals surface area contributed by atoms with Crippen LogP contribution >= 0.6 is 0 Å². The molecule has 1 aliphatic carbocycles. The largest absolute Gasteiger partial charge is 0.372 e. The number of Topliss-reactive ketones (excluding diaryl/α,β-unsaturated/α-hetero) is 1. The number of carbonyl (C=O) groups is 2. The zero-order valence-electron chi connectivity index (χ0n) is 18.3.